The number of carbonyl (C=O) groups is 1. The molecule has 112 valence electrons. The summed E-state index contributed by atoms with van der Waals surface area (Å²) in [5, 5.41) is 9.69. The maximum Gasteiger partial charge on any atom is 0.311 e. The number of hydrogen-bond acceptors (Lipinski definition) is 4. The molecule has 2 aliphatic rings. The van der Waals surface area contributed by atoms with E-state index in [-0.39, 0.29) is 6.79 Å². The first-order chi connectivity index (χ1) is 10.6. The number of carboxylic acid groups (broad SMARTS) is 1. The van der Waals surface area contributed by atoms with Gasteiger partial charge in [-0.1, -0.05) is 11.6 Å². The van der Waals surface area contributed by atoms with Crippen molar-refractivity contribution in [2.45, 2.75) is 18.8 Å². The normalized spacial score (nSPS) is 18.3. The standard InChI is InChI=1S/C16H12ClNO4/c17-11-6-10-9(16(19)20)2-3-12(10)18-15(11)8-1-4-13-14(5-8)22-7-21-13/h1,4-6,9H,2-3,7H2,(H,19,20). The molecule has 1 aliphatic heterocycles. The molecule has 2 aromatic rings. The molecular formula is C16H12ClNO4. The van der Waals surface area contributed by atoms with E-state index in [0.717, 1.165) is 16.8 Å². The molecule has 0 amide bonds. The molecule has 1 aliphatic carbocycles. The first-order valence-electron chi connectivity index (χ1n) is 6.95. The van der Waals surface area contributed by atoms with Crippen molar-refractivity contribution in [1.82, 2.24) is 4.98 Å². The lowest BCUT2D eigenvalue weighted by Gasteiger charge is -2.10. The number of halogens is 1. The molecule has 6 heteroatoms. The van der Waals surface area contributed by atoms with Crippen LogP contribution in [0.3, 0.4) is 0 Å². The number of nitrogens with zero attached hydrogens (tertiary/aromatic N) is 1. The first-order valence-corrected chi connectivity index (χ1v) is 7.33. The van der Waals surface area contributed by atoms with Crippen molar-refractivity contribution < 1.29 is 19.4 Å². The molecule has 1 atom stereocenters. The van der Waals surface area contributed by atoms with Crippen LogP contribution in [0.1, 0.15) is 23.6 Å². The predicted molar refractivity (Wildman–Crippen MR) is 79.5 cm³/mol. The summed E-state index contributed by atoms with van der Waals surface area (Å²) in [5.41, 5.74) is 3.01. The SMILES string of the molecule is O=C(O)C1CCc2nc(-c3ccc4c(c3)OCO4)c(Cl)cc21. The summed E-state index contributed by atoms with van der Waals surface area (Å²) in [7, 11) is 0. The Balaban J connectivity index is 1.79. The van der Waals surface area contributed by atoms with Crippen LogP contribution in [-0.2, 0) is 11.2 Å². The fourth-order valence-electron chi connectivity index (χ4n) is 2.98. The lowest BCUT2D eigenvalue weighted by atomic mass is 10.0. The second-order valence-corrected chi connectivity index (χ2v) is 5.76. The summed E-state index contributed by atoms with van der Waals surface area (Å²) in [6.07, 6.45) is 1.22. The summed E-state index contributed by atoms with van der Waals surface area (Å²) in [6, 6.07) is 7.27. The third-order valence-corrected chi connectivity index (χ3v) is 4.37. The lowest BCUT2D eigenvalue weighted by molar-refractivity contribution is -0.138. The van der Waals surface area contributed by atoms with E-state index in [0.29, 0.717) is 35.1 Å². The van der Waals surface area contributed by atoms with Crippen molar-refractivity contribution in [2.75, 3.05) is 6.79 Å². The van der Waals surface area contributed by atoms with Crippen molar-refractivity contribution in [3.8, 4) is 22.8 Å². The summed E-state index contributed by atoms with van der Waals surface area (Å²) in [5.74, 6) is 0.0319. The first kappa shape index (κ1) is 13.4. The van der Waals surface area contributed by atoms with E-state index in [1.54, 1.807) is 6.07 Å². The Morgan fingerprint density at radius 1 is 1.27 bits per heavy atom. The Morgan fingerprint density at radius 2 is 2.09 bits per heavy atom. The van der Waals surface area contributed by atoms with Gasteiger partial charge in [-0.05, 0) is 42.7 Å². The fourth-order valence-corrected chi connectivity index (χ4v) is 3.25. The van der Waals surface area contributed by atoms with Gasteiger partial charge in [0.1, 0.15) is 0 Å². The number of carboxylic acids is 1. The van der Waals surface area contributed by atoms with Crippen LogP contribution in [0.2, 0.25) is 5.02 Å². The largest absolute Gasteiger partial charge is 0.481 e. The maximum absolute atomic E-state index is 11.3. The molecule has 0 fully saturated rings. The molecule has 22 heavy (non-hydrogen) atoms. The van der Waals surface area contributed by atoms with Crippen LogP contribution in [0.15, 0.2) is 24.3 Å². The quantitative estimate of drug-likeness (QED) is 0.920. The number of fused-ring (bicyclic) bond motifs is 2. The molecule has 0 radical (unpaired) electrons. The summed E-state index contributed by atoms with van der Waals surface area (Å²) >= 11 is 6.34. The molecule has 1 unspecified atom stereocenters. The van der Waals surface area contributed by atoms with Crippen LogP contribution >= 0.6 is 11.6 Å². The Morgan fingerprint density at radius 3 is 2.91 bits per heavy atom. The van der Waals surface area contributed by atoms with Gasteiger partial charge in [0, 0.05) is 11.3 Å². The van der Waals surface area contributed by atoms with E-state index in [9.17, 15) is 9.90 Å². The van der Waals surface area contributed by atoms with E-state index in [4.69, 9.17) is 21.1 Å². The van der Waals surface area contributed by atoms with E-state index >= 15 is 0 Å². The molecule has 4 rings (SSSR count). The molecule has 0 spiro atoms. The van der Waals surface area contributed by atoms with Crippen molar-refractivity contribution in [3.63, 3.8) is 0 Å². The molecule has 0 bridgehead atoms. The van der Waals surface area contributed by atoms with Crippen LogP contribution in [0.5, 0.6) is 11.5 Å². The second kappa shape index (κ2) is 4.88. The Hall–Kier alpha value is -2.27. The fraction of sp³-hybridized carbons (Fsp3) is 0.250. The molecule has 0 saturated carbocycles. The number of rotatable bonds is 2. The minimum atomic E-state index is -0.826. The van der Waals surface area contributed by atoms with Gasteiger partial charge >= 0.3 is 5.97 Å². The summed E-state index contributed by atoms with van der Waals surface area (Å²) in [4.78, 5) is 15.8. The van der Waals surface area contributed by atoms with Crippen LogP contribution in [0.4, 0.5) is 0 Å². The topological polar surface area (TPSA) is 68.7 Å². The van der Waals surface area contributed by atoms with Gasteiger partial charge in [0.2, 0.25) is 6.79 Å². The van der Waals surface area contributed by atoms with E-state index < -0.39 is 11.9 Å². The number of aromatic nitrogens is 1. The zero-order valence-corrected chi connectivity index (χ0v) is 12.3. The predicted octanol–water partition coefficient (Wildman–Crippen LogP) is 3.25. The van der Waals surface area contributed by atoms with Crippen molar-refractivity contribution in [1.29, 1.82) is 0 Å². The smallest absolute Gasteiger partial charge is 0.311 e. The molecule has 0 saturated heterocycles. The summed E-state index contributed by atoms with van der Waals surface area (Å²) < 4.78 is 10.7. The Labute approximate surface area is 131 Å². The third kappa shape index (κ3) is 2.01. The zero-order chi connectivity index (χ0) is 15.3. The average molecular weight is 318 g/mol. The molecule has 5 nitrogen and oxygen atoms in total. The number of aryl methyl sites for hydroxylation is 1. The second-order valence-electron chi connectivity index (χ2n) is 5.35. The zero-order valence-electron chi connectivity index (χ0n) is 11.5. The van der Waals surface area contributed by atoms with Gasteiger partial charge in [-0.25, -0.2) is 0 Å². The average Bonchev–Trinajstić information content (AvgIpc) is 3.11. The van der Waals surface area contributed by atoms with E-state index in [1.807, 2.05) is 18.2 Å². The molecular weight excluding hydrogens is 306 g/mol. The van der Waals surface area contributed by atoms with Gasteiger partial charge < -0.3 is 14.6 Å². The van der Waals surface area contributed by atoms with Crippen LogP contribution in [0, 0.1) is 0 Å². The minimum Gasteiger partial charge on any atom is -0.481 e. The highest BCUT2D eigenvalue weighted by atomic mass is 35.5. The monoisotopic (exact) mass is 317 g/mol. The van der Waals surface area contributed by atoms with Gasteiger partial charge in [-0.2, -0.15) is 0 Å². The molecule has 1 N–H and O–H groups in total. The van der Waals surface area contributed by atoms with Gasteiger partial charge in [0.25, 0.3) is 0 Å². The van der Waals surface area contributed by atoms with Gasteiger partial charge in [-0.3, -0.25) is 9.78 Å². The highest BCUT2D eigenvalue weighted by molar-refractivity contribution is 6.33. The summed E-state index contributed by atoms with van der Waals surface area (Å²) in [6.45, 7) is 0.213. The number of benzene rings is 1. The van der Waals surface area contributed by atoms with Crippen molar-refractivity contribution in [3.05, 3.63) is 40.5 Å². The Bertz CT molecular complexity index is 790. The molecule has 1 aromatic heterocycles. The number of ether oxygens (including phenoxy) is 2. The highest BCUT2D eigenvalue weighted by Gasteiger charge is 2.30. The Kier molecular flexibility index (Phi) is 2.97. The van der Waals surface area contributed by atoms with Gasteiger partial charge in [-0.15, -0.1) is 0 Å². The molecule has 2 heterocycles. The van der Waals surface area contributed by atoms with E-state index in [2.05, 4.69) is 4.98 Å². The van der Waals surface area contributed by atoms with Crippen LogP contribution < -0.4 is 9.47 Å². The van der Waals surface area contributed by atoms with E-state index in [1.165, 1.54) is 0 Å². The van der Waals surface area contributed by atoms with Gasteiger partial charge in [0.15, 0.2) is 11.5 Å². The highest BCUT2D eigenvalue weighted by Crippen LogP contribution is 2.40. The van der Waals surface area contributed by atoms with Crippen LogP contribution in [-0.4, -0.2) is 22.9 Å². The number of aliphatic carboxylic acids is 1. The van der Waals surface area contributed by atoms with Crippen molar-refractivity contribution >= 4 is 17.6 Å². The number of pyridine rings is 1. The van der Waals surface area contributed by atoms with Crippen LogP contribution in [0.25, 0.3) is 11.3 Å². The lowest BCUT2D eigenvalue weighted by Crippen LogP contribution is -2.08. The molecule has 1 aromatic carbocycles. The van der Waals surface area contributed by atoms with Gasteiger partial charge in [0.05, 0.1) is 16.6 Å². The minimum absolute atomic E-state index is 0.213. The number of hydrogen-bond donors (Lipinski definition) is 1. The van der Waals surface area contributed by atoms with Crippen molar-refractivity contribution in [2.24, 2.45) is 0 Å². The third-order valence-electron chi connectivity index (χ3n) is 4.08. The maximum atomic E-state index is 11.3.